The second kappa shape index (κ2) is 12.1. The third kappa shape index (κ3) is 6.12. The van der Waals surface area contributed by atoms with Gasteiger partial charge in [-0.05, 0) is 48.8 Å². The molecule has 0 spiro atoms. The van der Waals surface area contributed by atoms with Gasteiger partial charge in [0.25, 0.3) is 0 Å². The molecule has 0 fully saturated rings. The highest BCUT2D eigenvalue weighted by Gasteiger charge is 2.32. The smallest absolute Gasteiger partial charge is 0.161 e. The average Bonchev–Trinajstić information content (AvgIpc) is 2.84. The van der Waals surface area contributed by atoms with Crippen LogP contribution in [-0.2, 0) is 4.74 Å². The standard InChI is InChI=1S/C27H40N2O4/c1-7-28(8-2)22(18-32-17-20(3)4)16-29-23-11-9-10-12-25(23)33-19-24(29)21-13-14-26(30-5)27(15-21)31-6/h9-15,20,22,24H,7-8,16-19H2,1-6H3. The van der Waals surface area contributed by atoms with Gasteiger partial charge in [0.2, 0.25) is 0 Å². The Morgan fingerprint density at radius 2 is 1.73 bits per heavy atom. The molecule has 1 aliphatic heterocycles. The molecule has 33 heavy (non-hydrogen) atoms. The van der Waals surface area contributed by atoms with Crippen LogP contribution >= 0.6 is 0 Å². The van der Waals surface area contributed by atoms with Crippen LogP contribution in [0.15, 0.2) is 42.5 Å². The van der Waals surface area contributed by atoms with Crippen LogP contribution in [0.4, 0.5) is 5.69 Å². The first-order valence-electron chi connectivity index (χ1n) is 12.0. The Hall–Kier alpha value is -2.44. The van der Waals surface area contributed by atoms with Gasteiger partial charge in [-0.15, -0.1) is 0 Å². The fraction of sp³-hybridized carbons (Fsp3) is 0.556. The highest BCUT2D eigenvalue weighted by Crippen LogP contribution is 2.41. The van der Waals surface area contributed by atoms with Gasteiger partial charge in [0.1, 0.15) is 12.4 Å². The number of hydrogen-bond acceptors (Lipinski definition) is 6. The summed E-state index contributed by atoms with van der Waals surface area (Å²) in [5.74, 6) is 2.91. The summed E-state index contributed by atoms with van der Waals surface area (Å²) < 4.78 is 23.4. The second-order valence-corrected chi connectivity index (χ2v) is 8.87. The number of hydrogen-bond donors (Lipinski definition) is 0. The molecule has 2 atom stereocenters. The molecule has 6 heteroatoms. The molecule has 0 saturated heterocycles. The maximum absolute atomic E-state index is 6.20. The number of fused-ring (bicyclic) bond motifs is 1. The van der Waals surface area contributed by atoms with Crippen molar-refractivity contribution in [3.05, 3.63) is 48.0 Å². The zero-order chi connectivity index (χ0) is 23.8. The van der Waals surface area contributed by atoms with Crippen LogP contribution in [0.5, 0.6) is 17.2 Å². The number of likely N-dealkylation sites (N-methyl/N-ethyl adjacent to an activating group) is 1. The quantitative estimate of drug-likeness (QED) is 0.446. The van der Waals surface area contributed by atoms with E-state index in [1.54, 1.807) is 14.2 Å². The number of nitrogens with zero attached hydrogens (tertiary/aromatic N) is 2. The molecule has 0 bridgehead atoms. The van der Waals surface area contributed by atoms with E-state index in [1.165, 1.54) is 0 Å². The van der Waals surface area contributed by atoms with E-state index in [4.69, 9.17) is 18.9 Å². The predicted molar refractivity (Wildman–Crippen MR) is 134 cm³/mol. The molecule has 0 amide bonds. The normalized spacial score (nSPS) is 16.5. The summed E-state index contributed by atoms with van der Waals surface area (Å²) in [5, 5.41) is 0. The van der Waals surface area contributed by atoms with Crippen LogP contribution < -0.4 is 19.1 Å². The van der Waals surface area contributed by atoms with Crippen molar-refractivity contribution < 1.29 is 18.9 Å². The summed E-state index contributed by atoms with van der Waals surface area (Å²) in [6.45, 7) is 13.7. The fourth-order valence-electron chi connectivity index (χ4n) is 4.49. The van der Waals surface area contributed by atoms with E-state index in [1.807, 2.05) is 12.1 Å². The van der Waals surface area contributed by atoms with Crippen LogP contribution in [0.1, 0.15) is 39.3 Å². The summed E-state index contributed by atoms with van der Waals surface area (Å²) in [5.41, 5.74) is 2.26. The molecule has 0 aromatic heterocycles. The molecule has 2 aromatic rings. The van der Waals surface area contributed by atoms with Crippen LogP contribution in [0.25, 0.3) is 0 Å². The summed E-state index contributed by atoms with van der Waals surface area (Å²) in [6.07, 6.45) is 0. The van der Waals surface area contributed by atoms with Gasteiger partial charge in [0.05, 0.1) is 38.6 Å². The fourth-order valence-corrected chi connectivity index (χ4v) is 4.49. The maximum Gasteiger partial charge on any atom is 0.161 e. The van der Waals surface area contributed by atoms with E-state index in [9.17, 15) is 0 Å². The number of ether oxygens (including phenoxy) is 4. The predicted octanol–water partition coefficient (Wildman–Crippen LogP) is 5.03. The van der Waals surface area contributed by atoms with Crippen LogP contribution in [0.3, 0.4) is 0 Å². The van der Waals surface area contributed by atoms with Gasteiger partial charge in [-0.2, -0.15) is 0 Å². The molecule has 1 aliphatic rings. The van der Waals surface area contributed by atoms with Crippen molar-refractivity contribution >= 4 is 5.69 Å². The van der Waals surface area contributed by atoms with Crippen molar-refractivity contribution in [1.82, 2.24) is 4.90 Å². The second-order valence-electron chi connectivity index (χ2n) is 8.87. The van der Waals surface area contributed by atoms with Crippen molar-refractivity contribution in [2.45, 2.75) is 39.8 Å². The molecule has 0 radical (unpaired) electrons. The lowest BCUT2D eigenvalue weighted by Crippen LogP contribution is -2.49. The first-order valence-corrected chi connectivity index (χ1v) is 12.0. The molecular formula is C27H40N2O4. The van der Waals surface area contributed by atoms with E-state index in [-0.39, 0.29) is 12.1 Å². The van der Waals surface area contributed by atoms with Gasteiger partial charge in [-0.1, -0.05) is 45.9 Å². The molecule has 2 unspecified atom stereocenters. The minimum absolute atomic E-state index is 0.0582. The van der Waals surface area contributed by atoms with Gasteiger partial charge in [0, 0.05) is 13.2 Å². The van der Waals surface area contributed by atoms with Gasteiger partial charge >= 0.3 is 0 Å². The van der Waals surface area contributed by atoms with Crippen molar-refractivity contribution in [1.29, 1.82) is 0 Å². The van der Waals surface area contributed by atoms with Crippen molar-refractivity contribution in [2.24, 2.45) is 5.92 Å². The minimum Gasteiger partial charge on any atom is -0.493 e. The molecule has 6 nitrogen and oxygen atoms in total. The van der Waals surface area contributed by atoms with Crippen LogP contribution in [0, 0.1) is 5.92 Å². The maximum atomic E-state index is 6.20. The molecule has 0 saturated carbocycles. The van der Waals surface area contributed by atoms with E-state index >= 15 is 0 Å². The van der Waals surface area contributed by atoms with Crippen molar-refractivity contribution in [2.75, 3.05) is 58.6 Å². The van der Waals surface area contributed by atoms with E-state index in [0.29, 0.717) is 19.1 Å². The molecule has 1 heterocycles. The molecule has 3 rings (SSSR count). The summed E-state index contributed by atoms with van der Waals surface area (Å²) in [7, 11) is 3.34. The van der Waals surface area contributed by atoms with Gasteiger partial charge in [0.15, 0.2) is 11.5 Å². The Bertz CT molecular complexity index is 869. The lowest BCUT2D eigenvalue weighted by Gasteiger charge is -2.42. The largest absolute Gasteiger partial charge is 0.493 e. The Labute approximate surface area is 199 Å². The van der Waals surface area contributed by atoms with Crippen molar-refractivity contribution in [3.63, 3.8) is 0 Å². The summed E-state index contributed by atoms with van der Waals surface area (Å²) >= 11 is 0. The van der Waals surface area contributed by atoms with E-state index in [0.717, 1.165) is 54.7 Å². The average molecular weight is 457 g/mol. The number of para-hydroxylation sites is 2. The first kappa shape index (κ1) is 25.2. The van der Waals surface area contributed by atoms with E-state index < -0.39 is 0 Å². The molecular weight excluding hydrogens is 416 g/mol. The Morgan fingerprint density at radius 1 is 1.00 bits per heavy atom. The SMILES string of the molecule is CCN(CC)C(COCC(C)C)CN1c2ccccc2OCC1c1ccc(OC)c(OC)c1. The van der Waals surface area contributed by atoms with Gasteiger partial charge in [-0.3, -0.25) is 4.90 Å². The zero-order valence-corrected chi connectivity index (χ0v) is 21.0. The molecule has 0 aliphatic carbocycles. The van der Waals surface area contributed by atoms with Gasteiger partial charge < -0.3 is 23.8 Å². The lowest BCUT2D eigenvalue weighted by molar-refractivity contribution is 0.0505. The first-order chi connectivity index (χ1) is 16.0. The third-order valence-electron chi connectivity index (χ3n) is 6.24. The van der Waals surface area contributed by atoms with Gasteiger partial charge in [-0.25, -0.2) is 0 Å². The minimum atomic E-state index is 0.0582. The third-order valence-corrected chi connectivity index (χ3v) is 6.24. The van der Waals surface area contributed by atoms with Crippen LogP contribution in [0.2, 0.25) is 0 Å². The molecule has 0 N–H and O–H groups in total. The monoisotopic (exact) mass is 456 g/mol. The Morgan fingerprint density at radius 3 is 2.39 bits per heavy atom. The van der Waals surface area contributed by atoms with Crippen molar-refractivity contribution in [3.8, 4) is 17.2 Å². The zero-order valence-electron chi connectivity index (χ0n) is 21.0. The summed E-state index contributed by atoms with van der Waals surface area (Å²) in [6, 6.07) is 14.8. The Balaban J connectivity index is 1.95. The molecule has 182 valence electrons. The van der Waals surface area contributed by atoms with E-state index in [2.05, 4.69) is 67.8 Å². The number of anilines is 1. The number of methoxy groups -OCH3 is 2. The Kier molecular flexibility index (Phi) is 9.27. The highest BCUT2D eigenvalue weighted by atomic mass is 16.5. The lowest BCUT2D eigenvalue weighted by atomic mass is 10.0. The number of benzene rings is 2. The molecule has 2 aromatic carbocycles. The topological polar surface area (TPSA) is 43.4 Å². The summed E-state index contributed by atoms with van der Waals surface area (Å²) in [4.78, 5) is 4.96. The van der Waals surface area contributed by atoms with Crippen LogP contribution in [-0.4, -0.2) is 64.6 Å². The highest BCUT2D eigenvalue weighted by molar-refractivity contribution is 5.62. The number of rotatable bonds is 12.